The lowest BCUT2D eigenvalue weighted by molar-refractivity contribution is -0.274. The first-order chi connectivity index (χ1) is 9.78. The summed E-state index contributed by atoms with van der Waals surface area (Å²) in [6.45, 7) is 1.76. The van der Waals surface area contributed by atoms with Crippen molar-refractivity contribution in [3.63, 3.8) is 0 Å². The third kappa shape index (κ3) is 3.76. The van der Waals surface area contributed by atoms with Gasteiger partial charge in [0.1, 0.15) is 5.75 Å². The monoisotopic (exact) mass is 314 g/mol. The standard InChI is InChI=1S/C15H10ClF3O2/c1-9-6-7-10(8-12(9)16)14(20)11-4-2-3-5-13(11)21-15(17,18)19/h2-8H,1H3. The van der Waals surface area contributed by atoms with Crippen LogP contribution in [0.4, 0.5) is 13.2 Å². The maximum absolute atomic E-state index is 12.3. The summed E-state index contributed by atoms with van der Waals surface area (Å²) in [5.74, 6) is -1.12. The molecule has 0 heterocycles. The van der Waals surface area contributed by atoms with E-state index in [-0.39, 0.29) is 11.1 Å². The predicted molar refractivity (Wildman–Crippen MR) is 72.7 cm³/mol. The molecule has 2 nitrogen and oxygen atoms in total. The molecule has 0 fully saturated rings. The molecule has 110 valence electrons. The normalized spacial score (nSPS) is 11.3. The first kappa shape index (κ1) is 15.4. The Bertz CT molecular complexity index is 681. The van der Waals surface area contributed by atoms with Crippen LogP contribution in [0, 0.1) is 6.92 Å². The number of aryl methyl sites for hydroxylation is 1. The summed E-state index contributed by atoms with van der Waals surface area (Å²) in [7, 11) is 0. The number of para-hydroxylation sites is 1. The van der Waals surface area contributed by atoms with Gasteiger partial charge in [0.15, 0.2) is 5.78 Å². The number of rotatable bonds is 3. The van der Waals surface area contributed by atoms with Crippen molar-refractivity contribution in [3.8, 4) is 5.75 Å². The molecule has 2 rings (SSSR count). The molecule has 0 spiro atoms. The lowest BCUT2D eigenvalue weighted by Gasteiger charge is -2.12. The van der Waals surface area contributed by atoms with Crippen LogP contribution in [0.25, 0.3) is 0 Å². The molecule has 0 saturated carbocycles. The van der Waals surface area contributed by atoms with Gasteiger partial charge in [0.25, 0.3) is 0 Å². The van der Waals surface area contributed by atoms with Gasteiger partial charge in [0.2, 0.25) is 0 Å². The zero-order chi connectivity index (χ0) is 15.6. The van der Waals surface area contributed by atoms with Crippen molar-refractivity contribution in [2.24, 2.45) is 0 Å². The second kappa shape index (κ2) is 5.77. The summed E-state index contributed by atoms with van der Waals surface area (Å²) >= 11 is 5.93. The molecular weight excluding hydrogens is 305 g/mol. The summed E-state index contributed by atoms with van der Waals surface area (Å²) in [5, 5.41) is 0.370. The van der Waals surface area contributed by atoms with E-state index in [0.29, 0.717) is 5.02 Å². The number of carbonyl (C=O) groups is 1. The van der Waals surface area contributed by atoms with Crippen LogP contribution < -0.4 is 4.74 Å². The Balaban J connectivity index is 2.41. The summed E-state index contributed by atoms with van der Waals surface area (Å²) in [6.07, 6.45) is -4.86. The molecule has 0 aliphatic heterocycles. The Morgan fingerprint density at radius 2 is 1.81 bits per heavy atom. The highest BCUT2D eigenvalue weighted by Gasteiger charge is 2.32. The van der Waals surface area contributed by atoms with Gasteiger partial charge in [-0.05, 0) is 30.7 Å². The minimum absolute atomic E-state index is 0.172. The van der Waals surface area contributed by atoms with E-state index in [9.17, 15) is 18.0 Å². The Hall–Kier alpha value is -2.01. The molecule has 0 atom stereocenters. The number of carbonyl (C=O) groups excluding carboxylic acids is 1. The first-order valence-electron chi connectivity index (χ1n) is 5.93. The van der Waals surface area contributed by atoms with Crippen molar-refractivity contribution in [1.82, 2.24) is 0 Å². The third-order valence-electron chi connectivity index (χ3n) is 2.79. The van der Waals surface area contributed by atoms with Crippen molar-refractivity contribution in [2.75, 3.05) is 0 Å². The molecule has 0 aliphatic carbocycles. The molecule has 21 heavy (non-hydrogen) atoms. The number of alkyl halides is 3. The molecule has 0 unspecified atom stereocenters. The van der Waals surface area contributed by atoms with E-state index in [2.05, 4.69) is 4.74 Å². The van der Waals surface area contributed by atoms with E-state index >= 15 is 0 Å². The molecule has 0 aliphatic rings. The molecule has 2 aromatic rings. The predicted octanol–water partition coefficient (Wildman–Crippen LogP) is 4.78. The van der Waals surface area contributed by atoms with Gasteiger partial charge in [0, 0.05) is 10.6 Å². The molecule has 0 bridgehead atoms. The average Bonchev–Trinajstić information content (AvgIpc) is 2.40. The molecule has 2 aromatic carbocycles. The van der Waals surface area contributed by atoms with Crippen LogP contribution in [-0.2, 0) is 0 Å². The van der Waals surface area contributed by atoms with Crippen LogP contribution in [0.3, 0.4) is 0 Å². The summed E-state index contributed by atoms with van der Waals surface area (Å²) in [4.78, 5) is 12.3. The highest BCUT2D eigenvalue weighted by atomic mass is 35.5. The number of benzene rings is 2. The van der Waals surface area contributed by atoms with Crippen LogP contribution >= 0.6 is 11.6 Å². The van der Waals surface area contributed by atoms with Crippen molar-refractivity contribution in [1.29, 1.82) is 0 Å². The van der Waals surface area contributed by atoms with Crippen molar-refractivity contribution < 1.29 is 22.7 Å². The van der Waals surface area contributed by atoms with Gasteiger partial charge in [-0.2, -0.15) is 0 Å². The minimum Gasteiger partial charge on any atom is -0.405 e. The van der Waals surface area contributed by atoms with Gasteiger partial charge in [-0.15, -0.1) is 13.2 Å². The van der Waals surface area contributed by atoms with Gasteiger partial charge < -0.3 is 4.74 Å². The maximum atomic E-state index is 12.3. The van der Waals surface area contributed by atoms with E-state index in [1.807, 2.05) is 0 Å². The zero-order valence-corrected chi connectivity index (χ0v) is 11.6. The molecule has 6 heteroatoms. The molecule has 0 aromatic heterocycles. The maximum Gasteiger partial charge on any atom is 0.573 e. The lowest BCUT2D eigenvalue weighted by Crippen LogP contribution is -2.19. The molecular formula is C15H10ClF3O2. The first-order valence-corrected chi connectivity index (χ1v) is 6.31. The number of ketones is 1. The van der Waals surface area contributed by atoms with E-state index in [1.165, 1.54) is 30.3 Å². The summed E-state index contributed by atoms with van der Waals surface area (Å²) < 4.78 is 40.9. The molecule has 0 radical (unpaired) electrons. The smallest absolute Gasteiger partial charge is 0.405 e. The Kier molecular flexibility index (Phi) is 4.23. The Morgan fingerprint density at radius 3 is 2.43 bits per heavy atom. The zero-order valence-electron chi connectivity index (χ0n) is 10.9. The number of halogens is 4. The summed E-state index contributed by atoms with van der Waals surface area (Å²) in [6, 6.07) is 9.75. The fourth-order valence-corrected chi connectivity index (χ4v) is 1.94. The van der Waals surface area contributed by atoms with Crippen LogP contribution in [-0.4, -0.2) is 12.1 Å². The Morgan fingerprint density at radius 1 is 1.14 bits per heavy atom. The second-order valence-corrected chi connectivity index (χ2v) is 4.74. The number of ether oxygens (including phenoxy) is 1. The topological polar surface area (TPSA) is 26.3 Å². The van der Waals surface area contributed by atoms with Crippen molar-refractivity contribution in [2.45, 2.75) is 13.3 Å². The lowest BCUT2D eigenvalue weighted by atomic mass is 10.0. The van der Waals surface area contributed by atoms with Gasteiger partial charge in [-0.3, -0.25) is 4.79 Å². The van der Waals surface area contributed by atoms with Crippen LogP contribution in [0.1, 0.15) is 21.5 Å². The van der Waals surface area contributed by atoms with Crippen LogP contribution in [0.2, 0.25) is 5.02 Å². The van der Waals surface area contributed by atoms with Gasteiger partial charge >= 0.3 is 6.36 Å². The SMILES string of the molecule is Cc1ccc(C(=O)c2ccccc2OC(F)(F)F)cc1Cl. The average molecular weight is 315 g/mol. The van der Waals surface area contributed by atoms with Gasteiger partial charge in [-0.25, -0.2) is 0 Å². The van der Waals surface area contributed by atoms with Crippen molar-refractivity contribution >= 4 is 17.4 Å². The quantitative estimate of drug-likeness (QED) is 0.762. The van der Waals surface area contributed by atoms with E-state index in [1.54, 1.807) is 13.0 Å². The van der Waals surface area contributed by atoms with Crippen molar-refractivity contribution in [3.05, 3.63) is 64.2 Å². The summed E-state index contributed by atoms with van der Waals surface area (Å²) in [5.41, 5.74) is 0.798. The number of hydrogen-bond acceptors (Lipinski definition) is 2. The van der Waals surface area contributed by atoms with Crippen LogP contribution in [0.15, 0.2) is 42.5 Å². The minimum atomic E-state index is -4.86. The van der Waals surface area contributed by atoms with Gasteiger partial charge in [0.05, 0.1) is 5.56 Å². The molecule has 0 N–H and O–H groups in total. The van der Waals surface area contributed by atoms with E-state index in [4.69, 9.17) is 11.6 Å². The second-order valence-electron chi connectivity index (χ2n) is 4.34. The number of hydrogen-bond donors (Lipinski definition) is 0. The van der Waals surface area contributed by atoms with Crippen LogP contribution in [0.5, 0.6) is 5.75 Å². The molecule has 0 amide bonds. The van der Waals surface area contributed by atoms with E-state index in [0.717, 1.165) is 11.6 Å². The van der Waals surface area contributed by atoms with Gasteiger partial charge in [-0.1, -0.05) is 35.9 Å². The largest absolute Gasteiger partial charge is 0.573 e. The fraction of sp³-hybridized carbons (Fsp3) is 0.133. The van der Waals surface area contributed by atoms with E-state index < -0.39 is 17.9 Å². The highest BCUT2D eigenvalue weighted by molar-refractivity contribution is 6.32. The molecule has 0 saturated heterocycles. The third-order valence-corrected chi connectivity index (χ3v) is 3.20. The highest BCUT2D eigenvalue weighted by Crippen LogP contribution is 2.28. The Labute approximate surface area is 124 Å². The fourth-order valence-electron chi connectivity index (χ4n) is 1.76.